The molecule has 0 radical (unpaired) electrons. The first-order valence-corrected chi connectivity index (χ1v) is 12.1. The number of amides is 2. The summed E-state index contributed by atoms with van der Waals surface area (Å²) in [5, 5.41) is 22.8. The molecular formula is C25H33F3N2O5. The number of fused-ring (bicyclic) bond motifs is 3. The second-order valence-corrected chi connectivity index (χ2v) is 8.98. The fourth-order valence-corrected chi connectivity index (χ4v) is 4.77. The minimum Gasteiger partial charge on any atom is -0.486 e. The van der Waals surface area contributed by atoms with Crippen molar-refractivity contribution < 1.29 is 37.7 Å². The second kappa shape index (κ2) is 11.9. The molecule has 0 saturated heterocycles. The Morgan fingerprint density at radius 2 is 1.86 bits per heavy atom. The third-order valence-electron chi connectivity index (χ3n) is 6.40. The maximum Gasteiger partial charge on any atom is 0.406 e. The molecule has 35 heavy (non-hydrogen) atoms. The Morgan fingerprint density at radius 1 is 1.14 bits per heavy atom. The molecule has 2 aliphatic rings. The van der Waals surface area contributed by atoms with Gasteiger partial charge in [0, 0.05) is 24.1 Å². The average molecular weight is 499 g/mol. The number of carbonyl (C=O) groups is 2. The fraction of sp³-hybridized carbons (Fsp3) is 0.600. The molecular weight excluding hydrogens is 465 g/mol. The van der Waals surface area contributed by atoms with Crippen LogP contribution >= 0.6 is 0 Å². The van der Waals surface area contributed by atoms with Crippen LogP contribution in [0.2, 0.25) is 0 Å². The molecule has 0 unspecified atom stereocenters. The van der Waals surface area contributed by atoms with Gasteiger partial charge in [-0.3, -0.25) is 9.59 Å². The maximum atomic E-state index is 13.5. The van der Waals surface area contributed by atoms with Crippen LogP contribution in [0, 0.1) is 0 Å². The Bertz CT molecular complexity index is 921. The molecule has 194 valence electrons. The number of para-hydroxylation sites is 1. The number of hydrogen-bond donors (Lipinski definition) is 3. The molecule has 10 heteroatoms. The van der Waals surface area contributed by atoms with Crippen molar-refractivity contribution in [1.29, 1.82) is 0 Å². The number of alkyl halides is 3. The van der Waals surface area contributed by atoms with Gasteiger partial charge >= 0.3 is 6.18 Å². The highest BCUT2D eigenvalue weighted by atomic mass is 19.4. The summed E-state index contributed by atoms with van der Waals surface area (Å²) in [7, 11) is 0. The predicted molar refractivity (Wildman–Crippen MR) is 123 cm³/mol. The maximum absolute atomic E-state index is 13.5. The number of benzene rings is 1. The van der Waals surface area contributed by atoms with Gasteiger partial charge in [-0.25, -0.2) is 0 Å². The average Bonchev–Trinajstić information content (AvgIpc) is 3.21. The van der Waals surface area contributed by atoms with Gasteiger partial charge in [-0.15, -0.1) is 0 Å². The lowest BCUT2D eigenvalue weighted by molar-refractivity contribution is -0.170. The number of nitrogens with one attached hydrogen (secondary N) is 1. The Kier molecular flexibility index (Phi) is 9.18. The van der Waals surface area contributed by atoms with Gasteiger partial charge in [0.1, 0.15) is 24.5 Å². The molecule has 1 heterocycles. The van der Waals surface area contributed by atoms with Crippen molar-refractivity contribution in [3.63, 3.8) is 0 Å². The molecule has 1 aliphatic carbocycles. The van der Waals surface area contributed by atoms with Crippen molar-refractivity contribution in [3.05, 3.63) is 41.5 Å². The number of nitrogens with zero attached hydrogens (tertiary/aromatic N) is 1. The van der Waals surface area contributed by atoms with Gasteiger partial charge in [0.25, 0.3) is 0 Å². The molecule has 1 aromatic carbocycles. The van der Waals surface area contributed by atoms with Crippen molar-refractivity contribution in [3.8, 4) is 5.75 Å². The molecule has 4 atom stereocenters. The van der Waals surface area contributed by atoms with Gasteiger partial charge in [0.15, 0.2) is 0 Å². The van der Waals surface area contributed by atoms with E-state index in [1.165, 1.54) is 6.08 Å². The summed E-state index contributed by atoms with van der Waals surface area (Å²) < 4.78 is 46.4. The molecule has 0 aromatic heterocycles. The van der Waals surface area contributed by atoms with Crippen LogP contribution in [-0.2, 0) is 9.59 Å². The van der Waals surface area contributed by atoms with Gasteiger partial charge in [0.2, 0.25) is 11.8 Å². The molecule has 1 aliphatic heterocycles. The van der Waals surface area contributed by atoms with Gasteiger partial charge < -0.3 is 25.2 Å². The zero-order valence-corrected chi connectivity index (χ0v) is 19.8. The van der Waals surface area contributed by atoms with Gasteiger partial charge in [0.05, 0.1) is 18.6 Å². The molecule has 3 N–H and O–H groups in total. The number of rotatable bonds is 11. The first kappa shape index (κ1) is 27.0. The van der Waals surface area contributed by atoms with Crippen LogP contribution in [0.15, 0.2) is 35.9 Å². The molecule has 0 bridgehead atoms. The summed E-state index contributed by atoms with van der Waals surface area (Å²) >= 11 is 0. The fourth-order valence-electron chi connectivity index (χ4n) is 4.77. The van der Waals surface area contributed by atoms with E-state index in [9.17, 15) is 27.9 Å². The van der Waals surface area contributed by atoms with Crippen molar-refractivity contribution in [1.82, 2.24) is 10.2 Å². The quantitative estimate of drug-likeness (QED) is 0.408. The molecule has 0 saturated carbocycles. The monoisotopic (exact) mass is 498 g/mol. The van der Waals surface area contributed by atoms with E-state index in [1.807, 2.05) is 6.92 Å². The van der Waals surface area contributed by atoms with Crippen molar-refractivity contribution in [2.45, 2.75) is 75.8 Å². The minimum absolute atomic E-state index is 0.0494. The van der Waals surface area contributed by atoms with E-state index in [1.54, 1.807) is 24.3 Å². The lowest BCUT2D eigenvalue weighted by Gasteiger charge is -2.41. The number of aliphatic hydroxyl groups is 2. The summed E-state index contributed by atoms with van der Waals surface area (Å²) in [6.07, 6.45) is -2.00. The highest BCUT2D eigenvalue weighted by molar-refractivity contribution is 5.96. The van der Waals surface area contributed by atoms with Crippen LogP contribution in [0.5, 0.6) is 5.75 Å². The molecule has 0 fully saturated rings. The first-order chi connectivity index (χ1) is 16.7. The number of carbonyl (C=O) groups excluding carboxylic acids is 2. The Morgan fingerprint density at radius 3 is 2.54 bits per heavy atom. The Hall–Kier alpha value is -2.59. The zero-order chi connectivity index (χ0) is 25.6. The largest absolute Gasteiger partial charge is 0.486 e. The lowest BCUT2D eigenvalue weighted by Crippen LogP contribution is -2.57. The van der Waals surface area contributed by atoms with E-state index in [-0.39, 0.29) is 25.1 Å². The highest BCUT2D eigenvalue weighted by Gasteiger charge is 2.51. The van der Waals surface area contributed by atoms with Crippen molar-refractivity contribution >= 4 is 11.8 Å². The van der Waals surface area contributed by atoms with Crippen LogP contribution in [0.1, 0.15) is 56.9 Å². The van der Waals surface area contributed by atoms with Crippen LogP contribution in [0.25, 0.3) is 0 Å². The van der Waals surface area contributed by atoms with Crippen molar-refractivity contribution in [2.24, 2.45) is 0 Å². The van der Waals surface area contributed by atoms with E-state index in [0.717, 1.165) is 25.7 Å². The second-order valence-electron chi connectivity index (χ2n) is 8.98. The summed E-state index contributed by atoms with van der Waals surface area (Å²) in [6.45, 7) is 0.127. The zero-order valence-electron chi connectivity index (χ0n) is 19.8. The summed E-state index contributed by atoms with van der Waals surface area (Å²) in [6, 6.07) is 5.45. The molecule has 7 nitrogen and oxygen atoms in total. The number of hydrogen-bond acceptors (Lipinski definition) is 5. The topological polar surface area (TPSA) is 99.1 Å². The van der Waals surface area contributed by atoms with Crippen molar-refractivity contribution in [2.75, 3.05) is 19.7 Å². The predicted octanol–water partition coefficient (Wildman–Crippen LogP) is 3.06. The summed E-state index contributed by atoms with van der Waals surface area (Å²) in [5.41, 5.74) is 0.733. The normalized spacial score (nSPS) is 23.1. The first-order valence-electron chi connectivity index (χ1n) is 12.1. The van der Waals surface area contributed by atoms with E-state index < -0.39 is 48.7 Å². The Labute approximate surface area is 202 Å². The number of halogens is 3. The third-order valence-corrected chi connectivity index (χ3v) is 6.40. The number of unbranched alkanes of at least 4 members (excludes halogenated alkanes) is 4. The van der Waals surface area contributed by atoms with Crippen LogP contribution in [0.3, 0.4) is 0 Å². The SMILES string of the molecule is CCCCCCCC(=O)N(CC(F)(F)F)[C@@H]1C=C(C(=O)NCCO)[C@@H]2c3ccccc3O[C@@H]2[C@H]1O. The molecule has 0 spiro atoms. The van der Waals surface area contributed by atoms with E-state index in [2.05, 4.69) is 5.32 Å². The van der Waals surface area contributed by atoms with Gasteiger partial charge in [-0.05, 0) is 18.6 Å². The van der Waals surface area contributed by atoms with E-state index in [0.29, 0.717) is 22.6 Å². The minimum atomic E-state index is -4.69. The smallest absolute Gasteiger partial charge is 0.406 e. The van der Waals surface area contributed by atoms with Gasteiger partial charge in [-0.2, -0.15) is 13.2 Å². The lowest BCUT2D eigenvalue weighted by atomic mass is 9.77. The number of ether oxygens (including phenoxy) is 1. The van der Waals surface area contributed by atoms with Crippen LogP contribution in [0.4, 0.5) is 13.2 Å². The highest BCUT2D eigenvalue weighted by Crippen LogP contribution is 2.47. The van der Waals surface area contributed by atoms with E-state index >= 15 is 0 Å². The summed E-state index contributed by atoms with van der Waals surface area (Å²) in [4.78, 5) is 26.5. The standard InChI is InChI=1S/C25H33F3N2O5/c1-2-3-4-5-6-11-20(32)30(15-25(26,27)28)18-14-17(24(34)29-12-13-31)21-16-9-7-8-10-19(16)35-23(21)22(18)33/h7-10,14,18,21-23,31,33H,2-6,11-13,15H2,1H3,(H,29,34)/t18-,21+,22+,23+/m1/s1. The molecule has 1 aromatic rings. The Balaban J connectivity index is 1.93. The van der Waals surface area contributed by atoms with Crippen LogP contribution in [-0.4, -0.2) is 71.0 Å². The molecule has 2 amide bonds. The third kappa shape index (κ3) is 6.55. The van der Waals surface area contributed by atoms with Crippen LogP contribution < -0.4 is 10.1 Å². The molecule has 3 rings (SSSR count). The van der Waals surface area contributed by atoms with Gasteiger partial charge in [-0.1, -0.05) is 50.8 Å². The van der Waals surface area contributed by atoms with E-state index in [4.69, 9.17) is 9.84 Å². The number of aliphatic hydroxyl groups excluding tert-OH is 2. The summed E-state index contributed by atoms with van der Waals surface area (Å²) in [5.74, 6) is -1.62.